The third-order valence-electron chi connectivity index (χ3n) is 1.77. The molecule has 1 aromatic heterocycles. The third-order valence-corrected chi connectivity index (χ3v) is 2.45. The third kappa shape index (κ3) is 3.02. The van der Waals surface area contributed by atoms with Gasteiger partial charge in [-0.3, -0.25) is 0 Å². The summed E-state index contributed by atoms with van der Waals surface area (Å²) >= 11 is 1.64. The molecule has 0 aliphatic carbocycles. The fourth-order valence-electron chi connectivity index (χ4n) is 1.06. The molecule has 0 unspecified atom stereocenters. The summed E-state index contributed by atoms with van der Waals surface area (Å²) in [6.07, 6.45) is 0. The molecular weight excluding hydrogens is 200 g/mol. The van der Waals surface area contributed by atoms with E-state index in [-0.39, 0.29) is 0 Å². The topological polar surface area (TPSA) is 0 Å². The lowest BCUT2D eigenvalue weighted by molar-refractivity contribution is 1.65. The van der Waals surface area contributed by atoms with Gasteiger partial charge in [0.25, 0.3) is 0 Å². The van der Waals surface area contributed by atoms with Crippen molar-refractivity contribution >= 4 is 11.3 Å². The van der Waals surface area contributed by atoms with Gasteiger partial charge in [0.15, 0.2) is 0 Å². The molecule has 2 rings (SSSR count). The molecule has 1 aromatic carbocycles. The van der Waals surface area contributed by atoms with Gasteiger partial charge in [-0.05, 0) is 35.4 Å². The molecule has 0 radical (unpaired) electrons. The Bertz CT molecular complexity index is 528. The Hall–Kier alpha value is -1.96. The van der Waals surface area contributed by atoms with Crippen LogP contribution in [0.2, 0.25) is 0 Å². The first kappa shape index (κ1) is 9.59. The summed E-state index contributed by atoms with van der Waals surface area (Å²) in [6.45, 7) is 0. The van der Waals surface area contributed by atoms with Gasteiger partial charge in [-0.15, -0.1) is 0 Å². The van der Waals surface area contributed by atoms with Crippen LogP contribution in [0.3, 0.4) is 0 Å². The largest absolute Gasteiger partial charge is 0.151 e. The summed E-state index contributed by atoms with van der Waals surface area (Å²) in [5, 5.41) is 4.02. The molecule has 0 saturated heterocycles. The molecule has 0 bridgehead atoms. The highest BCUT2D eigenvalue weighted by Gasteiger charge is 1.82. The van der Waals surface area contributed by atoms with Crippen LogP contribution in [0, 0.1) is 23.7 Å². The Kier molecular flexibility index (Phi) is 3.23. The number of hydrogen-bond donors (Lipinski definition) is 0. The van der Waals surface area contributed by atoms with Crippen LogP contribution >= 0.6 is 11.3 Å². The summed E-state index contributed by atoms with van der Waals surface area (Å²) in [6, 6.07) is 11.8. The Balaban J connectivity index is 2.08. The van der Waals surface area contributed by atoms with E-state index in [4.69, 9.17) is 0 Å². The summed E-state index contributed by atoms with van der Waals surface area (Å²) in [7, 11) is 0. The first-order valence-corrected chi connectivity index (χ1v) is 5.49. The zero-order valence-corrected chi connectivity index (χ0v) is 8.84. The Morgan fingerprint density at radius 2 is 1.53 bits per heavy atom. The van der Waals surface area contributed by atoms with Gasteiger partial charge in [0.05, 0.1) is 0 Å². The number of rotatable bonds is 0. The predicted molar refractivity (Wildman–Crippen MR) is 64.5 cm³/mol. The molecule has 0 amide bonds. The quantitative estimate of drug-likeness (QED) is 0.583. The molecule has 1 heterocycles. The smallest absolute Gasteiger partial charge is 0.0362 e. The van der Waals surface area contributed by atoms with E-state index in [1.807, 2.05) is 47.2 Å². The van der Waals surface area contributed by atoms with Gasteiger partial charge in [-0.2, -0.15) is 11.3 Å². The van der Waals surface area contributed by atoms with E-state index in [1.54, 1.807) is 11.3 Å². The molecule has 0 fully saturated rings. The van der Waals surface area contributed by atoms with Crippen molar-refractivity contribution in [2.24, 2.45) is 0 Å². The first-order valence-electron chi connectivity index (χ1n) is 4.54. The van der Waals surface area contributed by atoms with Crippen molar-refractivity contribution in [3.8, 4) is 23.7 Å². The molecule has 0 aliphatic heterocycles. The normalized spacial score (nSPS) is 8.27. The van der Waals surface area contributed by atoms with E-state index in [9.17, 15) is 0 Å². The van der Waals surface area contributed by atoms with Crippen molar-refractivity contribution in [1.82, 2.24) is 0 Å². The maximum absolute atomic E-state index is 2.99. The van der Waals surface area contributed by atoms with Gasteiger partial charge in [0, 0.05) is 16.5 Å². The molecule has 0 aliphatic rings. The van der Waals surface area contributed by atoms with Crippen molar-refractivity contribution in [2.75, 3.05) is 0 Å². The van der Waals surface area contributed by atoms with Crippen molar-refractivity contribution in [3.05, 3.63) is 58.3 Å². The molecule has 1 heteroatoms. The van der Waals surface area contributed by atoms with Crippen LogP contribution in [0.1, 0.15) is 11.1 Å². The molecule has 0 saturated carbocycles. The van der Waals surface area contributed by atoms with Gasteiger partial charge in [-0.1, -0.05) is 30.0 Å². The van der Waals surface area contributed by atoms with Gasteiger partial charge in [-0.25, -0.2) is 0 Å². The molecule has 0 spiro atoms. The Labute approximate surface area is 93.6 Å². The van der Waals surface area contributed by atoms with Gasteiger partial charge in [0.1, 0.15) is 0 Å². The summed E-state index contributed by atoms with van der Waals surface area (Å²) in [5.74, 6) is 11.6. The second-order valence-corrected chi connectivity index (χ2v) is 3.66. The van der Waals surface area contributed by atoms with Crippen molar-refractivity contribution in [3.63, 3.8) is 0 Å². The Morgan fingerprint density at radius 3 is 2.20 bits per heavy atom. The van der Waals surface area contributed by atoms with Crippen molar-refractivity contribution in [1.29, 1.82) is 0 Å². The fraction of sp³-hybridized carbons (Fsp3) is 0. The number of benzene rings is 1. The summed E-state index contributed by atoms with van der Waals surface area (Å²) < 4.78 is 0. The van der Waals surface area contributed by atoms with Crippen molar-refractivity contribution in [2.45, 2.75) is 0 Å². The lowest BCUT2D eigenvalue weighted by atomic mass is 10.2. The van der Waals surface area contributed by atoms with Gasteiger partial charge >= 0.3 is 0 Å². The van der Waals surface area contributed by atoms with E-state index >= 15 is 0 Å². The minimum Gasteiger partial charge on any atom is -0.151 e. The maximum Gasteiger partial charge on any atom is 0.0362 e. The van der Waals surface area contributed by atoms with E-state index in [0.29, 0.717) is 0 Å². The zero-order chi connectivity index (χ0) is 10.3. The zero-order valence-electron chi connectivity index (χ0n) is 8.03. The molecule has 2 aromatic rings. The van der Waals surface area contributed by atoms with Crippen LogP contribution in [0.4, 0.5) is 0 Å². The highest BCUT2D eigenvalue weighted by Crippen LogP contribution is 2.02. The molecular formula is C14H8S. The second-order valence-electron chi connectivity index (χ2n) is 2.88. The van der Waals surface area contributed by atoms with E-state index in [1.165, 1.54) is 0 Å². The highest BCUT2D eigenvalue weighted by atomic mass is 32.1. The number of hydrogen-bond acceptors (Lipinski definition) is 1. The second kappa shape index (κ2) is 5.05. The summed E-state index contributed by atoms with van der Waals surface area (Å²) in [4.78, 5) is 0. The minimum atomic E-state index is 0.997. The molecule has 0 nitrogen and oxygen atoms in total. The summed E-state index contributed by atoms with van der Waals surface area (Å²) in [5.41, 5.74) is 2.03. The molecule has 15 heavy (non-hydrogen) atoms. The lowest BCUT2D eigenvalue weighted by Gasteiger charge is -1.83. The number of thiophene rings is 1. The molecule has 0 N–H and O–H groups in total. The van der Waals surface area contributed by atoms with Crippen LogP contribution < -0.4 is 0 Å². The van der Waals surface area contributed by atoms with Crippen molar-refractivity contribution < 1.29 is 0 Å². The predicted octanol–water partition coefficient (Wildman–Crippen LogP) is 3.15. The van der Waals surface area contributed by atoms with Crippen LogP contribution in [-0.4, -0.2) is 0 Å². The standard InChI is InChI=1S/C14H8S/c1-2-6-13(7-3-1)8-4-5-9-14-10-11-15-12-14/h1-3,6-7,10-12H. The van der Waals surface area contributed by atoms with E-state index in [2.05, 4.69) is 23.7 Å². The average Bonchev–Trinajstić information content (AvgIpc) is 2.79. The highest BCUT2D eigenvalue weighted by molar-refractivity contribution is 7.08. The maximum atomic E-state index is 2.99. The lowest BCUT2D eigenvalue weighted by Crippen LogP contribution is -1.69. The van der Waals surface area contributed by atoms with E-state index < -0.39 is 0 Å². The fourth-order valence-corrected chi connectivity index (χ4v) is 1.65. The molecule has 0 atom stereocenters. The SMILES string of the molecule is C(C#Cc1ccsc1)#Cc1ccccc1. The van der Waals surface area contributed by atoms with E-state index in [0.717, 1.165) is 11.1 Å². The average molecular weight is 208 g/mol. The van der Waals surface area contributed by atoms with Gasteiger partial charge in [0.2, 0.25) is 0 Å². The first-order chi connectivity index (χ1) is 7.45. The van der Waals surface area contributed by atoms with Crippen LogP contribution in [0.25, 0.3) is 0 Å². The van der Waals surface area contributed by atoms with Crippen LogP contribution in [-0.2, 0) is 0 Å². The minimum absolute atomic E-state index is 0.997. The Morgan fingerprint density at radius 1 is 0.800 bits per heavy atom. The molecule has 70 valence electrons. The monoisotopic (exact) mass is 208 g/mol. The van der Waals surface area contributed by atoms with Crippen LogP contribution in [0.15, 0.2) is 47.2 Å². The van der Waals surface area contributed by atoms with Gasteiger partial charge < -0.3 is 0 Å². The van der Waals surface area contributed by atoms with Crippen LogP contribution in [0.5, 0.6) is 0 Å².